The zero-order chi connectivity index (χ0) is 18.6. The van der Waals surface area contributed by atoms with Crippen molar-refractivity contribution in [2.24, 2.45) is 0 Å². The van der Waals surface area contributed by atoms with Gasteiger partial charge in [-0.25, -0.2) is 4.79 Å². The average Bonchev–Trinajstić information content (AvgIpc) is 3.22. The molecule has 0 amide bonds. The van der Waals surface area contributed by atoms with Crippen molar-refractivity contribution in [2.75, 3.05) is 7.11 Å². The Balaban J connectivity index is 1.68. The molecule has 2 aromatic heterocycles. The standard InChI is InChI=1S/C22H19NO3S/c1-25-17-9-10-18-16(12-21(24)26-19(18)13-17)14-23-22(20-8-5-11-27-20)15-6-3-2-4-7-15/h2-13,22-23H,14H2,1H3/p+1/t22-/m1/s1. The summed E-state index contributed by atoms with van der Waals surface area (Å²) in [5, 5.41) is 5.29. The van der Waals surface area contributed by atoms with Crippen LogP contribution in [0.15, 0.2) is 81.3 Å². The second-order valence-electron chi connectivity index (χ2n) is 6.30. The van der Waals surface area contributed by atoms with Gasteiger partial charge in [0, 0.05) is 28.6 Å². The molecule has 2 N–H and O–H groups in total. The van der Waals surface area contributed by atoms with Crippen molar-refractivity contribution in [2.45, 2.75) is 12.6 Å². The van der Waals surface area contributed by atoms with Crippen molar-refractivity contribution >= 4 is 22.3 Å². The van der Waals surface area contributed by atoms with Crippen LogP contribution in [0.2, 0.25) is 0 Å². The highest BCUT2D eigenvalue weighted by atomic mass is 32.1. The lowest BCUT2D eigenvalue weighted by Crippen LogP contribution is -2.83. The van der Waals surface area contributed by atoms with Gasteiger partial charge in [-0.05, 0) is 23.6 Å². The second kappa shape index (κ2) is 7.78. The van der Waals surface area contributed by atoms with E-state index in [2.05, 4.69) is 47.1 Å². The number of hydrogen-bond acceptors (Lipinski definition) is 4. The van der Waals surface area contributed by atoms with Crippen molar-refractivity contribution in [3.8, 4) is 5.75 Å². The Hall–Kier alpha value is -2.89. The molecule has 4 aromatic rings. The highest BCUT2D eigenvalue weighted by molar-refractivity contribution is 7.10. The Bertz CT molecular complexity index is 1090. The number of hydrogen-bond donors (Lipinski definition) is 1. The van der Waals surface area contributed by atoms with E-state index in [0.717, 1.165) is 10.9 Å². The van der Waals surface area contributed by atoms with E-state index < -0.39 is 0 Å². The summed E-state index contributed by atoms with van der Waals surface area (Å²) in [4.78, 5) is 13.3. The Kier molecular flexibility index (Phi) is 5.05. The molecule has 1 atom stereocenters. The average molecular weight is 378 g/mol. The van der Waals surface area contributed by atoms with E-state index in [9.17, 15) is 4.79 Å². The minimum absolute atomic E-state index is 0.187. The van der Waals surface area contributed by atoms with Crippen LogP contribution in [-0.4, -0.2) is 7.11 Å². The molecule has 4 nitrogen and oxygen atoms in total. The quantitative estimate of drug-likeness (QED) is 0.520. The predicted octanol–water partition coefficient (Wildman–Crippen LogP) is 3.72. The Labute approximate surface area is 161 Å². The molecule has 0 aliphatic carbocycles. The molecule has 5 heteroatoms. The fourth-order valence-electron chi connectivity index (χ4n) is 3.30. The normalized spacial score (nSPS) is 12.2. The summed E-state index contributed by atoms with van der Waals surface area (Å²) in [6, 6.07) is 22.0. The molecular formula is C22H20NO3S+. The molecule has 0 aliphatic rings. The molecule has 0 saturated carbocycles. The number of rotatable bonds is 6. The Morgan fingerprint density at radius 2 is 1.93 bits per heavy atom. The Morgan fingerprint density at radius 3 is 2.67 bits per heavy atom. The van der Waals surface area contributed by atoms with E-state index in [-0.39, 0.29) is 11.7 Å². The molecule has 0 radical (unpaired) electrons. The van der Waals surface area contributed by atoms with Crippen molar-refractivity contribution in [1.29, 1.82) is 0 Å². The summed E-state index contributed by atoms with van der Waals surface area (Å²) < 4.78 is 10.6. The highest BCUT2D eigenvalue weighted by Crippen LogP contribution is 2.24. The highest BCUT2D eigenvalue weighted by Gasteiger charge is 2.19. The summed E-state index contributed by atoms with van der Waals surface area (Å²) in [5.74, 6) is 0.674. The van der Waals surface area contributed by atoms with Crippen LogP contribution in [0.5, 0.6) is 5.75 Å². The topological polar surface area (TPSA) is 56.0 Å². The summed E-state index contributed by atoms with van der Waals surface area (Å²) in [5.41, 5.74) is 2.42. The van der Waals surface area contributed by atoms with Crippen molar-refractivity contribution in [1.82, 2.24) is 0 Å². The molecule has 2 aromatic carbocycles. The molecule has 0 unspecified atom stereocenters. The number of thiophene rings is 1. The first-order valence-corrected chi connectivity index (χ1v) is 9.65. The van der Waals surface area contributed by atoms with Gasteiger partial charge in [0.15, 0.2) is 0 Å². The van der Waals surface area contributed by atoms with Crippen LogP contribution in [-0.2, 0) is 6.54 Å². The third kappa shape index (κ3) is 3.79. The van der Waals surface area contributed by atoms with Gasteiger partial charge in [0.2, 0.25) is 0 Å². The fourth-order valence-corrected chi connectivity index (χ4v) is 4.15. The van der Waals surface area contributed by atoms with Gasteiger partial charge in [0.1, 0.15) is 23.9 Å². The van der Waals surface area contributed by atoms with Gasteiger partial charge < -0.3 is 14.5 Å². The zero-order valence-corrected chi connectivity index (χ0v) is 15.7. The van der Waals surface area contributed by atoms with Crippen molar-refractivity contribution in [3.05, 3.63) is 98.5 Å². The van der Waals surface area contributed by atoms with Crippen LogP contribution in [0.3, 0.4) is 0 Å². The zero-order valence-electron chi connectivity index (χ0n) is 14.9. The van der Waals surface area contributed by atoms with E-state index >= 15 is 0 Å². The molecule has 0 spiro atoms. The maximum Gasteiger partial charge on any atom is 0.336 e. The minimum Gasteiger partial charge on any atom is -0.497 e. The third-order valence-corrected chi connectivity index (χ3v) is 5.57. The first-order chi connectivity index (χ1) is 13.2. The van der Waals surface area contributed by atoms with Crippen LogP contribution >= 0.6 is 11.3 Å². The Morgan fingerprint density at radius 1 is 1.07 bits per heavy atom. The number of benzene rings is 2. The lowest BCUT2D eigenvalue weighted by atomic mass is 10.0. The second-order valence-corrected chi connectivity index (χ2v) is 7.28. The lowest BCUT2D eigenvalue weighted by molar-refractivity contribution is -0.701. The van der Waals surface area contributed by atoms with E-state index in [1.54, 1.807) is 30.6 Å². The molecular weight excluding hydrogens is 358 g/mol. The number of nitrogens with two attached hydrogens (primary N) is 1. The van der Waals surface area contributed by atoms with Crippen LogP contribution in [0.4, 0.5) is 0 Å². The van der Waals surface area contributed by atoms with Crippen LogP contribution in [0, 0.1) is 0 Å². The van der Waals surface area contributed by atoms with Gasteiger partial charge in [-0.15, -0.1) is 11.3 Å². The number of ether oxygens (including phenoxy) is 1. The SMILES string of the molecule is COc1ccc2c(C[NH2+][C@H](c3ccccc3)c3cccs3)cc(=O)oc2c1. The van der Waals surface area contributed by atoms with Gasteiger partial charge in [-0.1, -0.05) is 36.4 Å². The van der Waals surface area contributed by atoms with E-state index in [1.165, 1.54) is 10.4 Å². The first kappa shape index (κ1) is 17.5. The fraction of sp³-hybridized carbons (Fsp3) is 0.136. The summed E-state index contributed by atoms with van der Waals surface area (Å²) in [6.45, 7) is 0.673. The van der Waals surface area contributed by atoms with Crippen LogP contribution in [0.1, 0.15) is 22.0 Å². The van der Waals surface area contributed by atoms with E-state index in [4.69, 9.17) is 9.15 Å². The van der Waals surface area contributed by atoms with E-state index in [0.29, 0.717) is 17.9 Å². The van der Waals surface area contributed by atoms with Crippen molar-refractivity contribution < 1.29 is 14.5 Å². The van der Waals surface area contributed by atoms with Gasteiger partial charge >= 0.3 is 5.63 Å². The maximum absolute atomic E-state index is 12.0. The smallest absolute Gasteiger partial charge is 0.336 e. The summed E-state index contributed by atoms with van der Waals surface area (Å²) in [6.07, 6.45) is 0. The maximum atomic E-state index is 12.0. The third-order valence-electron chi connectivity index (χ3n) is 4.62. The first-order valence-electron chi connectivity index (χ1n) is 8.77. The molecule has 27 heavy (non-hydrogen) atoms. The van der Waals surface area contributed by atoms with Crippen molar-refractivity contribution in [3.63, 3.8) is 0 Å². The van der Waals surface area contributed by atoms with Crippen LogP contribution in [0.25, 0.3) is 11.0 Å². The van der Waals surface area contributed by atoms with Gasteiger partial charge in [-0.2, -0.15) is 0 Å². The molecule has 0 fully saturated rings. The summed E-state index contributed by atoms with van der Waals surface area (Å²) >= 11 is 1.74. The number of fused-ring (bicyclic) bond motifs is 1. The molecule has 0 aliphatic heterocycles. The van der Waals surface area contributed by atoms with Gasteiger partial charge in [0.05, 0.1) is 12.0 Å². The summed E-state index contributed by atoms with van der Waals surface area (Å²) in [7, 11) is 1.60. The van der Waals surface area contributed by atoms with E-state index in [1.807, 2.05) is 18.2 Å². The molecule has 136 valence electrons. The van der Waals surface area contributed by atoms with Gasteiger partial charge in [0.25, 0.3) is 0 Å². The largest absolute Gasteiger partial charge is 0.497 e. The number of methoxy groups -OCH3 is 1. The predicted molar refractivity (Wildman–Crippen MR) is 107 cm³/mol. The monoisotopic (exact) mass is 378 g/mol. The number of quaternary nitrogens is 1. The molecule has 4 rings (SSSR count). The molecule has 0 bridgehead atoms. The van der Waals surface area contributed by atoms with Crippen LogP contribution < -0.4 is 15.7 Å². The lowest BCUT2D eigenvalue weighted by Gasteiger charge is -2.15. The van der Waals surface area contributed by atoms with Gasteiger partial charge in [-0.3, -0.25) is 0 Å². The molecule has 0 saturated heterocycles. The minimum atomic E-state index is -0.341. The molecule has 2 heterocycles.